The summed E-state index contributed by atoms with van der Waals surface area (Å²) in [5.41, 5.74) is 0. The first kappa shape index (κ1) is 16.9. The molecule has 1 fully saturated rings. The fraction of sp³-hybridized carbons (Fsp3) is 0.818. The highest BCUT2D eigenvalue weighted by atomic mass is 32.2. The molecular formula is C11H21N3O5S. The lowest BCUT2D eigenvalue weighted by Gasteiger charge is -2.35. The Morgan fingerprint density at radius 3 is 2.60 bits per heavy atom. The molecule has 0 saturated carbocycles. The lowest BCUT2D eigenvalue weighted by atomic mass is 10.2. The topological polar surface area (TPSA) is 96.0 Å². The second kappa shape index (κ2) is 7.00. The first-order chi connectivity index (χ1) is 9.29. The van der Waals surface area contributed by atoms with E-state index >= 15 is 0 Å². The maximum atomic E-state index is 12.3. The summed E-state index contributed by atoms with van der Waals surface area (Å²) in [5, 5.41) is 3.00. The summed E-state index contributed by atoms with van der Waals surface area (Å²) >= 11 is 0. The minimum atomic E-state index is -3.67. The number of nitrogens with zero attached hydrogens (tertiary/aromatic N) is 2. The number of sulfonamides is 1. The number of nitrogens with one attached hydrogen (secondary N) is 1. The van der Waals surface area contributed by atoms with Gasteiger partial charge in [0.15, 0.2) is 0 Å². The van der Waals surface area contributed by atoms with Crippen LogP contribution < -0.4 is 5.32 Å². The van der Waals surface area contributed by atoms with Crippen LogP contribution >= 0.6 is 0 Å². The average Bonchev–Trinajstić information content (AvgIpc) is 2.43. The Morgan fingerprint density at radius 1 is 1.40 bits per heavy atom. The molecule has 116 valence electrons. The maximum Gasteiger partial charge on any atom is 0.306 e. The fourth-order valence-electron chi connectivity index (χ4n) is 1.96. The highest BCUT2D eigenvalue weighted by Gasteiger charge is 2.37. The van der Waals surface area contributed by atoms with E-state index < -0.39 is 22.0 Å². The Kier molecular flexibility index (Phi) is 5.90. The van der Waals surface area contributed by atoms with E-state index in [0.29, 0.717) is 6.54 Å². The van der Waals surface area contributed by atoms with Crippen molar-refractivity contribution in [3.63, 3.8) is 0 Å². The molecule has 9 heteroatoms. The molecule has 0 spiro atoms. The molecule has 0 aromatic heterocycles. The van der Waals surface area contributed by atoms with E-state index in [9.17, 15) is 18.0 Å². The Hall–Kier alpha value is -1.19. The van der Waals surface area contributed by atoms with Gasteiger partial charge in [0.05, 0.1) is 19.3 Å². The molecule has 1 aliphatic rings. The summed E-state index contributed by atoms with van der Waals surface area (Å²) in [6.45, 7) is 0.969. The normalized spacial score (nSPS) is 20.4. The van der Waals surface area contributed by atoms with Gasteiger partial charge in [-0.25, -0.2) is 8.42 Å². The van der Waals surface area contributed by atoms with Crippen LogP contribution in [0.25, 0.3) is 0 Å². The number of hydrogen-bond acceptors (Lipinski definition) is 6. The molecule has 1 N–H and O–H groups in total. The van der Waals surface area contributed by atoms with Gasteiger partial charge in [0.1, 0.15) is 6.04 Å². The second-order valence-electron chi connectivity index (χ2n) is 4.71. The summed E-state index contributed by atoms with van der Waals surface area (Å²) in [5.74, 6) is -1.21. The monoisotopic (exact) mass is 307 g/mol. The van der Waals surface area contributed by atoms with Gasteiger partial charge in [0.25, 0.3) is 0 Å². The molecule has 0 bridgehead atoms. The molecule has 0 aliphatic carbocycles. The summed E-state index contributed by atoms with van der Waals surface area (Å²) in [6.07, 6.45) is -0.217. The second-order valence-corrected chi connectivity index (χ2v) is 6.75. The number of ether oxygens (including phenoxy) is 1. The molecule has 1 heterocycles. The molecule has 1 rings (SSSR count). The minimum absolute atomic E-state index is 0.216. The van der Waals surface area contributed by atoms with Gasteiger partial charge in [-0.05, 0) is 0 Å². The number of carbonyl (C=O) groups excluding carboxylic acids is 2. The Morgan fingerprint density at radius 2 is 2.05 bits per heavy atom. The highest BCUT2D eigenvalue weighted by molar-refractivity contribution is 7.89. The molecule has 8 nitrogen and oxygen atoms in total. The molecule has 0 aromatic carbocycles. The van der Waals surface area contributed by atoms with E-state index in [1.165, 1.54) is 16.3 Å². The third kappa shape index (κ3) is 4.15. The third-order valence-electron chi connectivity index (χ3n) is 3.07. The van der Waals surface area contributed by atoms with Crippen molar-refractivity contribution in [2.75, 3.05) is 46.6 Å². The standard InChI is InChI=1S/C11H21N3O5S/c1-13(2)11(16)9-8-12-5-6-14(9)20(17,18)7-4-10(15)19-3/h9,12H,4-8H2,1-3H3. The fourth-order valence-corrected chi connectivity index (χ4v) is 3.54. The van der Waals surface area contributed by atoms with Gasteiger partial charge in [0, 0.05) is 33.7 Å². The molecule has 1 unspecified atom stereocenters. The van der Waals surface area contributed by atoms with Crippen molar-refractivity contribution >= 4 is 21.9 Å². The van der Waals surface area contributed by atoms with Gasteiger partial charge >= 0.3 is 5.97 Å². The number of esters is 1. The molecular weight excluding hydrogens is 286 g/mol. The van der Waals surface area contributed by atoms with Gasteiger partial charge in [-0.1, -0.05) is 0 Å². The summed E-state index contributed by atoms with van der Waals surface area (Å²) < 4.78 is 30.1. The molecule has 1 amide bonds. The number of amides is 1. The van der Waals surface area contributed by atoms with Crippen molar-refractivity contribution < 1.29 is 22.7 Å². The van der Waals surface area contributed by atoms with E-state index in [4.69, 9.17) is 0 Å². The van der Waals surface area contributed by atoms with Crippen molar-refractivity contribution in [2.24, 2.45) is 0 Å². The van der Waals surface area contributed by atoms with Crippen LogP contribution in [0.2, 0.25) is 0 Å². The van der Waals surface area contributed by atoms with E-state index in [1.54, 1.807) is 14.1 Å². The SMILES string of the molecule is COC(=O)CCS(=O)(=O)N1CCNCC1C(=O)N(C)C. The van der Waals surface area contributed by atoms with Crippen molar-refractivity contribution in [1.29, 1.82) is 0 Å². The van der Waals surface area contributed by atoms with Crippen molar-refractivity contribution in [2.45, 2.75) is 12.5 Å². The summed E-state index contributed by atoms with van der Waals surface area (Å²) in [7, 11) is 0.694. The van der Waals surface area contributed by atoms with Gasteiger partial charge in [-0.15, -0.1) is 0 Å². The lowest BCUT2D eigenvalue weighted by molar-refractivity contribution is -0.140. The van der Waals surface area contributed by atoms with Crippen LogP contribution in [-0.4, -0.2) is 82.1 Å². The number of methoxy groups -OCH3 is 1. The van der Waals surface area contributed by atoms with E-state index in [2.05, 4.69) is 10.1 Å². The predicted molar refractivity (Wildman–Crippen MR) is 72.5 cm³/mol. The van der Waals surface area contributed by atoms with E-state index in [1.807, 2.05) is 0 Å². The molecule has 1 atom stereocenters. The Labute approximate surface area is 119 Å². The van der Waals surface area contributed by atoms with Crippen molar-refractivity contribution in [1.82, 2.24) is 14.5 Å². The van der Waals surface area contributed by atoms with Gasteiger partial charge in [0.2, 0.25) is 15.9 Å². The minimum Gasteiger partial charge on any atom is -0.469 e. The third-order valence-corrected chi connectivity index (χ3v) is 4.94. The average molecular weight is 307 g/mol. The molecule has 1 aliphatic heterocycles. The number of piperazine rings is 1. The van der Waals surface area contributed by atoms with Crippen LogP contribution in [0, 0.1) is 0 Å². The Balaban J connectivity index is 2.83. The zero-order chi connectivity index (χ0) is 15.3. The first-order valence-corrected chi connectivity index (χ1v) is 7.88. The van der Waals surface area contributed by atoms with Crippen LogP contribution in [-0.2, 0) is 24.3 Å². The van der Waals surface area contributed by atoms with E-state index in [-0.39, 0.29) is 31.2 Å². The van der Waals surface area contributed by atoms with Gasteiger partial charge in [-0.3, -0.25) is 9.59 Å². The quantitative estimate of drug-likeness (QED) is 0.605. The number of rotatable bonds is 5. The zero-order valence-electron chi connectivity index (χ0n) is 12.0. The largest absolute Gasteiger partial charge is 0.469 e. The lowest BCUT2D eigenvalue weighted by Crippen LogP contribution is -2.59. The first-order valence-electron chi connectivity index (χ1n) is 6.28. The molecule has 20 heavy (non-hydrogen) atoms. The van der Waals surface area contributed by atoms with Gasteiger partial charge < -0.3 is 15.0 Å². The Bertz CT molecular complexity index is 463. The molecule has 1 saturated heterocycles. The van der Waals surface area contributed by atoms with Gasteiger partial charge in [-0.2, -0.15) is 4.31 Å². The number of hydrogen-bond donors (Lipinski definition) is 1. The van der Waals surface area contributed by atoms with Crippen LogP contribution in [0.4, 0.5) is 0 Å². The smallest absolute Gasteiger partial charge is 0.306 e. The molecule has 0 aromatic rings. The number of carbonyl (C=O) groups is 2. The molecule has 0 radical (unpaired) electrons. The summed E-state index contributed by atoms with van der Waals surface area (Å²) in [6, 6.07) is -0.763. The van der Waals surface area contributed by atoms with Crippen LogP contribution in [0.15, 0.2) is 0 Å². The summed E-state index contributed by atoms with van der Waals surface area (Å²) in [4.78, 5) is 24.5. The maximum absolute atomic E-state index is 12.3. The number of likely N-dealkylation sites (N-methyl/N-ethyl adjacent to an activating group) is 1. The van der Waals surface area contributed by atoms with Crippen LogP contribution in [0.5, 0.6) is 0 Å². The predicted octanol–water partition coefficient (Wildman–Crippen LogP) is -1.76. The van der Waals surface area contributed by atoms with E-state index in [0.717, 1.165) is 0 Å². The highest BCUT2D eigenvalue weighted by Crippen LogP contribution is 2.13. The van der Waals surface area contributed by atoms with Crippen LogP contribution in [0.1, 0.15) is 6.42 Å². The van der Waals surface area contributed by atoms with Crippen molar-refractivity contribution in [3.05, 3.63) is 0 Å². The van der Waals surface area contributed by atoms with Crippen LogP contribution in [0.3, 0.4) is 0 Å². The zero-order valence-corrected chi connectivity index (χ0v) is 12.8. The van der Waals surface area contributed by atoms with Crippen molar-refractivity contribution in [3.8, 4) is 0 Å².